The van der Waals surface area contributed by atoms with E-state index in [9.17, 15) is 0 Å². The molecule has 0 saturated heterocycles. The second-order valence-corrected chi connectivity index (χ2v) is 21.1. The summed E-state index contributed by atoms with van der Waals surface area (Å²) in [5.74, 6) is 0. The minimum atomic E-state index is -0.687. The fraction of sp³-hybridized carbons (Fsp3) is 0.0685. The molecule has 12 aromatic carbocycles. The van der Waals surface area contributed by atoms with Crippen molar-refractivity contribution in [2.45, 2.75) is 30.1 Å². The quantitative estimate of drug-likeness (QED) is 0.144. The Kier molecular flexibility index (Phi) is 9.20. The lowest BCUT2D eigenvalue weighted by Crippen LogP contribution is -2.44. The highest BCUT2D eigenvalue weighted by atomic mass is 15.1. The van der Waals surface area contributed by atoms with Crippen LogP contribution in [0.25, 0.3) is 54.9 Å². The van der Waals surface area contributed by atoms with Crippen molar-refractivity contribution in [2.24, 2.45) is 0 Å². The first-order chi connectivity index (χ1) is 36.5. The number of hydrogen-bond acceptors (Lipinski definition) is 1. The standard InChI is InChI=1S/C73H51N/c1-71(2)64-34-15-13-31-59(64)61-44-43-55(47-69(61)71)74(53-41-39-48(40-42-53)63-45-49-21-9-10-28-56(49)57-29-11-12-30-58(57)63)54-27-19-26-52(46-54)72(50-22-5-3-6-23-50)66-36-17-18-37-67(66)73(51-24-7-4-8-25-51)65-35-16-14-32-60(65)62-33-20-38-68(72)70(62)73/h3-47H,1-2H3. The molecular formula is C73H51N. The molecular weight excluding hydrogens is 891 g/mol. The van der Waals surface area contributed by atoms with Gasteiger partial charge in [0.2, 0.25) is 0 Å². The first kappa shape index (κ1) is 42.6. The highest BCUT2D eigenvalue weighted by molar-refractivity contribution is 6.13. The Morgan fingerprint density at radius 2 is 0.770 bits per heavy atom. The molecule has 348 valence electrons. The summed E-state index contributed by atoms with van der Waals surface area (Å²) in [4.78, 5) is 2.50. The maximum Gasteiger partial charge on any atom is 0.0720 e. The molecule has 2 atom stereocenters. The molecule has 0 bridgehead atoms. The lowest BCUT2D eigenvalue weighted by Gasteiger charge is -2.49. The number of benzene rings is 12. The molecule has 3 aliphatic carbocycles. The molecule has 0 N–H and O–H groups in total. The van der Waals surface area contributed by atoms with E-state index >= 15 is 0 Å². The van der Waals surface area contributed by atoms with Gasteiger partial charge in [-0.2, -0.15) is 0 Å². The Bertz CT molecular complexity index is 4220. The van der Waals surface area contributed by atoms with Crippen LogP contribution in [0, 0.1) is 0 Å². The van der Waals surface area contributed by atoms with Crippen LogP contribution < -0.4 is 4.90 Å². The number of fused-ring (bicyclic) bond motifs is 11. The number of anilines is 3. The van der Waals surface area contributed by atoms with Gasteiger partial charge in [-0.25, -0.2) is 0 Å². The normalized spacial score (nSPS) is 17.3. The molecule has 0 saturated carbocycles. The van der Waals surface area contributed by atoms with Gasteiger partial charge in [0.25, 0.3) is 0 Å². The monoisotopic (exact) mass is 941 g/mol. The summed E-state index contributed by atoms with van der Waals surface area (Å²) in [7, 11) is 0. The molecule has 0 aromatic heterocycles. The second-order valence-electron chi connectivity index (χ2n) is 21.1. The molecule has 0 amide bonds. The van der Waals surface area contributed by atoms with E-state index in [-0.39, 0.29) is 5.41 Å². The van der Waals surface area contributed by atoms with Gasteiger partial charge in [0.1, 0.15) is 0 Å². The van der Waals surface area contributed by atoms with Gasteiger partial charge in [-0.1, -0.05) is 244 Å². The Hall–Kier alpha value is -9.04. The Balaban J connectivity index is 0.980. The summed E-state index contributed by atoms with van der Waals surface area (Å²) < 4.78 is 0. The number of nitrogens with zero attached hydrogens (tertiary/aromatic N) is 1. The second kappa shape index (κ2) is 16.0. The average molecular weight is 942 g/mol. The first-order valence-corrected chi connectivity index (χ1v) is 26.1. The molecule has 0 spiro atoms. The fourth-order valence-corrected chi connectivity index (χ4v) is 14.1. The maximum atomic E-state index is 2.50. The van der Waals surface area contributed by atoms with E-state index in [2.05, 4.69) is 292 Å². The van der Waals surface area contributed by atoms with Crippen molar-refractivity contribution in [1.82, 2.24) is 0 Å². The summed E-state index contributed by atoms with van der Waals surface area (Å²) >= 11 is 0. The zero-order chi connectivity index (χ0) is 49.2. The summed E-state index contributed by atoms with van der Waals surface area (Å²) in [6, 6.07) is 103. The van der Waals surface area contributed by atoms with Crippen LogP contribution in [0.3, 0.4) is 0 Å². The lowest BCUT2D eigenvalue weighted by molar-refractivity contribution is 0.627. The van der Waals surface area contributed by atoms with Crippen molar-refractivity contribution < 1.29 is 0 Å². The van der Waals surface area contributed by atoms with Crippen LogP contribution in [0.15, 0.2) is 273 Å². The van der Waals surface area contributed by atoms with E-state index in [0.717, 1.165) is 17.1 Å². The molecule has 74 heavy (non-hydrogen) atoms. The van der Waals surface area contributed by atoms with E-state index in [0.29, 0.717) is 0 Å². The van der Waals surface area contributed by atoms with Crippen LogP contribution in [0.2, 0.25) is 0 Å². The van der Waals surface area contributed by atoms with Gasteiger partial charge in [-0.3, -0.25) is 0 Å². The van der Waals surface area contributed by atoms with Crippen LogP contribution in [-0.2, 0) is 16.2 Å². The van der Waals surface area contributed by atoms with Crippen molar-refractivity contribution in [1.29, 1.82) is 0 Å². The minimum Gasteiger partial charge on any atom is -0.310 e. The van der Waals surface area contributed by atoms with Crippen LogP contribution in [0.5, 0.6) is 0 Å². The maximum absolute atomic E-state index is 2.50. The number of hydrogen-bond donors (Lipinski definition) is 0. The highest BCUT2D eigenvalue weighted by Crippen LogP contribution is 2.66. The largest absolute Gasteiger partial charge is 0.310 e. The minimum absolute atomic E-state index is 0.170. The van der Waals surface area contributed by atoms with Gasteiger partial charge >= 0.3 is 0 Å². The van der Waals surface area contributed by atoms with Crippen LogP contribution in [0.1, 0.15) is 69.5 Å². The molecule has 3 aliphatic rings. The average Bonchev–Trinajstić information content (AvgIpc) is 4.10. The van der Waals surface area contributed by atoms with Gasteiger partial charge in [-0.15, -0.1) is 0 Å². The molecule has 15 rings (SSSR count). The fourth-order valence-electron chi connectivity index (χ4n) is 14.1. The summed E-state index contributed by atoms with van der Waals surface area (Å²) in [5.41, 5.74) is 22.7. The van der Waals surface area contributed by atoms with Crippen molar-refractivity contribution in [3.63, 3.8) is 0 Å². The predicted molar refractivity (Wildman–Crippen MR) is 308 cm³/mol. The summed E-state index contributed by atoms with van der Waals surface area (Å²) in [6.07, 6.45) is 0. The summed E-state index contributed by atoms with van der Waals surface area (Å²) in [6.45, 7) is 4.76. The number of rotatable bonds is 7. The third kappa shape index (κ3) is 5.75. The van der Waals surface area contributed by atoms with E-state index in [1.807, 2.05) is 0 Å². The first-order valence-electron chi connectivity index (χ1n) is 26.1. The van der Waals surface area contributed by atoms with Gasteiger partial charge < -0.3 is 4.90 Å². The van der Waals surface area contributed by atoms with Gasteiger partial charge in [0.15, 0.2) is 0 Å². The van der Waals surface area contributed by atoms with E-state index in [4.69, 9.17) is 0 Å². The molecule has 1 heteroatoms. The smallest absolute Gasteiger partial charge is 0.0720 e. The van der Waals surface area contributed by atoms with Crippen LogP contribution in [0.4, 0.5) is 17.1 Å². The van der Waals surface area contributed by atoms with E-state index in [1.165, 1.54) is 111 Å². The Morgan fingerprint density at radius 1 is 0.270 bits per heavy atom. The van der Waals surface area contributed by atoms with Gasteiger partial charge in [-0.05, 0) is 153 Å². The summed E-state index contributed by atoms with van der Waals surface area (Å²) in [5, 5.41) is 5.06. The van der Waals surface area contributed by atoms with Crippen LogP contribution in [-0.4, -0.2) is 0 Å². The van der Waals surface area contributed by atoms with E-state index < -0.39 is 10.8 Å². The third-order valence-electron chi connectivity index (χ3n) is 17.2. The SMILES string of the molecule is CC1(C)c2ccccc2-c2ccc(N(c3ccc(-c4cc5ccccc5c5ccccc45)cc3)c3cccc(C4(c5ccccc5)c5ccccc5C5(c6ccccc6)c6ccccc6-c6cccc4c65)c3)cc21. The van der Waals surface area contributed by atoms with Crippen molar-refractivity contribution >= 4 is 38.6 Å². The van der Waals surface area contributed by atoms with Crippen molar-refractivity contribution in [3.05, 3.63) is 329 Å². The molecule has 2 unspecified atom stereocenters. The topological polar surface area (TPSA) is 3.24 Å². The third-order valence-corrected chi connectivity index (χ3v) is 17.2. The zero-order valence-electron chi connectivity index (χ0n) is 41.4. The molecule has 12 aromatic rings. The molecule has 0 aliphatic heterocycles. The van der Waals surface area contributed by atoms with Crippen molar-refractivity contribution in [3.8, 4) is 33.4 Å². The predicted octanol–water partition coefficient (Wildman–Crippen LogP) is 18.5. The lowest BCUT2D eigenvalue weighted by atomic mass is 9.51. The highest BCUT2D eigenvalue weighted by Gasteiger charge is 2.57. The molecule has 0 fully saturated rings. The Labute approximate surface area is 433 Å². The molecule has 1 nitrogen and oxygen atoms in total. The zero-order valence-corrected chi connectivity index (χ0v) is 41.4. The van der Waals surface area contributed by atoms with E-state index in [1.54, 1.807) is 0 Å². The van der Waals surface area contributed by atoms with Crippen molar-refractivity contribution in [2.75, 3.05) is 4.90 Å². The Morgan fingerprint density at radius 3 is 1.51 bits per heavy atom. The molecule has 0 heterocycles. The van der Waals surface area contributed by atoms with Gasteiger partial charge in [0.05, 0.1) is 10.8 Å². The molecule has 0 radical (unpaired) electrons. The van der Waals surface area contributed by atoms with Gasteiger partial charge in [0, 0.05) is 22.5 Å². The van der Waals surface area contributed by atoms with Crippen LogP contribution >= 0.6 is 0 Å².